The van der Waals surface area contributed by atoms with Gasteiger partial charge in [0.15, 0.2) is 0 Å². The molecule has 0 aliphatic carbocycles. The van der Waals surface area contributed by atoms with Crippen LogP contribution in [0.3, 0.4) is 0 Å². The second kappa shape index (κ2) is 5.25. The molecule has 0 fully saturated rings. The van der Waals surface area contributed by atoms with Crippen molar-refractivity contribution < 1.29 is 4.79 Å². The number of hydrogen-bond acceptors (Lipinski definition) is 3. The molecule has 0 spiro atoms. The van der Waals surface area contributed by atoms with Crippen molar-refractivity contribution >= 4 is 39.1 Å². The number of rotatable bonds is 2. The summed E-state index contributed by atoms with van der Waals surface area (Å²) < 4.78 is 0.757. The molecular formula is C11H7BrClN3O. The van der Waals surface area contributed by atoms with Crippen LogP contribution in [-0.4, -0.2) is 15.9 Å². The standard InChI is InChI=1S/C11H7BrClN3O/c12-9-2-1-8(13)3-10(9)16-11(17)7-4-14-6-15-5-7/h1-6H,(H,16,17). The van der Waals surface area contributed by atoms with E-state index in [0.717, 1.165) is 4.47 Å². The molecule has 2 rings (SSSR count). The first-order valence-electron chi connectivity index (χ1n) is 4.68. The van der Waals surface area contributed by atoms with Gasteiger partial charge in [-0.05, 0) is 34.1 Å². The van der Waals surface area contributed by atoms with E-state index >= 15 is 0 Å². The lowest BCUT2D eigenvalue weighted by Gasteiger charge is -2.07. The molecular weight excluding hydrogens is 305 g/mol. The molecule has 1 aromatic heterocycles. The molecule has 0 aliphatic heterocycles. The summed E-state index contributed by atoms with van der Waals surface area (Å²) in [7, 11) is 0. The second-order valence-corrected chi connectivity index (χ2v) is 4.50. The van der Waals surface area contributed by atoms with Crippen LogP contribution < -0.4 is 5.32 Å². The molecule has 0 aliphatic rings. The summed E-state index contributed by atoms with van der Waals surface area (Å²) in [6.45, 7) is 0. The normalized spacial score (nSPS) is 10.0. The Bertz CT molecular complexity index is 548. The van der Waals surface area contributed by atoms with Gasteiger partial charge in [0.2, 0.25) is 0 Å². The van der Waals surface area contributed by atoms with E-state index in [0.29, 0.717) is 16.3 Å². The quantitative estimate of drug-likeness (QED) is 0.927. The van der Waals surface area contributed by atoms with E-state index in [2.05, 4.69) is 31.2 Å². The highest BCUT2D eigenvalue weighted by Gasteiger charge is 2.08. The summed E-state index contributed by atoms with van der Waals surface area (Å²) in [6, 6.07) is 5.15. The number of carbonyl (C=O) groups excluding carboxylic acids is 1. The molecule has 2 aromatic rings. The predicted molar refractivity (Wildman–Crippen MR) is 69.1 cm³/mol. The van der Waals surface area contributed by atoms with Gasteiger partial charge in [0.05, 0.1) is 11.3 Å². The zero-order chi connectivity index (χ0) is 12.3. The van der Waals surface area contributed by atoms with Crippen LogP contribution in [0.4, 0.5) is 5.69 Å². The van der Waals surface area contributed by atoms with E-state index in [1.54, 1.807) is 18.2 Å². The van der Waals surface area contributed by atoms with Gasteiger partial charge in [-0.25, -0.2) is 9.97 Å². The van der Waals surface area contributed by atoms with Gasteiger partial charge in [-0.1, -0.05) is 11.6 Å². The summed E-state index contributed by atoms with van der Waals surface area (Å²) >= 11 is 9.18. The Morgan fingerprint density at radius 2 is 2.00 bits per heavy atom. The zero-order valence-corrected chi connectivity index (χ0v) is 10.9. The summed E-state index contributed by atoms with van der Waals surface area (Å²) in [4.78, 5) is 19.4. The van der Waals surface area contributed by atoms with E-state index in [1.807, 2.05) is 0 Å². The van der Waals surface area contributed by atoms with Crippen LogP contribution in [0.2, 0.25) is 5.02 Å². The lowest BCUT2D eigenvalue weighted by molar-refractivity contribution is 0.102. The Morgan fingerprint density at radius 3 is 2.71 bits per heavy atom. The van der Waals surface area contributed by atoms with Crippen LogP contribution in [0, 0.1) is 0 Å². The number of aromatic nitrogens is 2. The minimum Gasteiger partial charge on any atom is -0.321 e. The number of hydrogen-bond donors (Lipinski definition) is 1. The average Bonchev–Trinajstić information content (AvgIpc) is 2.35. The summed E-state index contributed by atoms with van der Waals surface area (Å²) in [6.07, 6.45) is 4.26. The van der Waals surface area contributed by atoms with Crippen LogP contribution in [0.1, 0.15) is 10.4 Å². The molecule has 0 saturated carbocycles. The van der Waals surface area contributed by atoms with E-state index in [-0.39, 0.29) is 5.91 Å². The van der Waals surface area contributed by atoms with E-state index < -0.39 is 0 Å². The minimum absolute atomic E-state index is 0.284. The number of nitrogens with one attached hydrogen (secondary N) is 1. The molecule has 1 N–H and O–H groups in total. The molecule has 0 saturated heterocycles. The molecule has 0 bridgehead atoms. The number of amides is 1. The molecule has 1 heterocycles. The molecule has 1 amide bonds. The summed E-state index contributed by atoms with van der Waals surface area (Å²) in [5.41, 5.74) is 0.991. The topological polar surface area (TPSA) is 54.9 Å². The fourth-order valence-electron chi connectivity index (χ4n) is 1.20. The monoisotopic (exact) mass is 311 g/mol. The van der Waals surface area contributed by atoms with Crippen molar-refractivity contribution in [2.45, 2.75) is 0 Å². The van der Waals surface area contributed by atoms with Crippen LogP contribution in [-0.2, 0) is 0 Å². The molecule has 0 unspecified atom stereocenters. The van der Waals surface area contributed by atoms with Gasteiger partial charge in [0.1, 0.15) is 6.33 Å². The third kappa shape index (κ3) is 3.01. The zero-order valence-electron chi connectivity index (χ0n) is 8.52. The largest absolute Gasteiger partial charge is 0.321 e. The lowest BCUT2D eigenvalue weighted by Crippen LogP contribution is -2.12. The summed E-state index contributed by atoms with van der Waals surface area (Å²) in [5, 5.41) is 3.27. The van der Waals surface area contributed by atoms with Crippen molar-refractivity contribution in [1.29, 1.82) is 0 Å². The highest BCUT2D eigenvalue weighted by atomic mass is 79.9. The molecule has 86 valence electrons. The third-order valence-corrected chi connectivity index (χ3v) is 2.93. The number of benzene rings is 1. The average molecular weight is 313 g/mol. The smallest absolute Gasteiger partial charge is 0.258 e. The maximum Gasteiger partial charge on any atom is 0.258 e. The molecule has 1 aromatic carbocycles. The van der Waals surface area contributed by atoms with Gasteiger partial charge in [-0.15, -0.1) is 0 Å². The third-order valence-electron chi connectivity index (χ3n) is 2.00. The first-order valence-corrected chi connectivity index (χ1v) is 5.85. The Balaban J connectivity index is 2.22. The Hall–Kier alpha value is -1.46. The minimum atomic E-state index is -0.284. The molecule has 4 nitrogen and oxygen atoms in total. The van der Waals surface area contributed by atoms with Gasteiger partial charge < -0.3 is 5.32 Å². The fourth-order valence-corrected chi connectivity index (χ4v) is 1.72. The van der Waals surface area contributed by atoms with E-state index in [9.17, 15) is 4.79 Å². The Morgan fingerprint density at radius 1 is 1.29 bits per heavy atom. The van der Waals surface area contributed by atoms with Crippen LogP contribution in [0.5, 0.6) is 0 Å². The van der Waals surface area contributed by atoms with Crippen molar-refractivity contribution in [3.63, 3.8) is 0 Å². The first kappa shape index (κ1) is 12.0. The number of nitrogens with zero attached hydrogens (tertiary/aromatic N) is 2. The van der Waals surface area contributed by atoms with Crippen molar-refractivity contribution in [3.8, 4) is 0 Å². The van der Waals surface area contributed by atoms with Crippen molar-refractivity contribution in [3.05, 3.63) is 52.0 Å². The lowest BCUT2D eigenvalue weighted by atomic mass is 10.3. The summed E-state index contributed by atoms with van der Waals surface area (Å²) in [5.74, 6) is -0.284. The van der Waals surface area contributed by atoms with E-state index in [1.165, 1.54) is 18.7 Å². The Kier molecular flexibility index (Phi) is 3.71. The SMILES string of the molecule is O=C(Nc1cc(Cl)ccc1Br)c1cncnc1. The predicted octanol–water partition coefficient (Wildman–Crippen LogP) is 3.14. The van der Waals surface area contributed by atoms with Crippen molar-refractivity contribution in [2.24, 2.45) is 0 Å². The Labute approximate surface area is 111 Å². The number of carbonyl (C=O) groups is 1. The molecule has 17 heavy (non-hydrogen) atoms. The van der Waals surface area contributed by atoms with Gasteiger partial charge >= 0.3 is 0 Å². The van der Waals surface area contributed by atoms with Crippen LogP contribution in [0.25, 0.3) is 0 Å². The van der Waals surface area contributed by atoms with Gasteiger partial charge in [0, 0.05) is 21.9 Å². The fraction of sp³-hybridized carbons (Fsp3) is 0. The van der Waals surface area contributed by atoms with Gasteiger partial charge in [-0.3, -0.25) is 4.79 Å². The first-order chi connectivity index (χ1) is 8.16. The van der Waals surface area contributed by atoms with E-state index in [4.69, 9.17) is 11.6 Å². The molecule has 0 atom stereocenters. The van der Waals surface area contributed by atoms with Crippen molar-refractivity contribution in [1.82, 2.24) is 9.97 Å². The van der Waals surface area contributed by atoms with Crippen molar-refractivity contribution in [2.75, 3.05) is 5.32 Å². The number of anilines is 1. The van der Waals surface area contributed by atoms with Crippen LogP contribution >= 0.6 is 27.5 Å². The second-order valence-electron chi connectivity index (χ2n) is 3.21. The van der Waals surface area contributed by atoms with Gasteiger partial charge in [-0.2, -0.15) is 0 Å². The maximum absolute atomic E-state index is 11.8. The highest BCUT2D eigenvalue weighted by molar-refractivity contribution is 9.10. The molecule has 6 heteroatoms. The van der Waals surface area contributed by atoms with Gasteiger partial charge in [0.25, 0.3) is 5.91 Å². The number of halogens is 2. The maximum atomic E-state index is 11.8. The molecule has 0 radical (unpaired) electrons. The van der Waals surface area contributed by atoms with Crippen LogP contribution in [0.15, 0.2) is 41.4 Å². The highest BCUT2D eigenvalue weighted by Crippen LogP contribution is 2.26.